The number of aromatic nitrogens is 3. The summed E-state index contributed by atoms with van der Waals surface area (Å²) in [4.78, 5) is 28.4. The highest BCUT2D eigenvalue weighted by Gasteiger charge is 2.29. The van der Waals surface area contributed by atoms with Gasteiger partial charge in [0.15, 0.2) is 6.61 Å². The van der Waals surface area contributed by atoms with Crippen LogP contribution in [0.5, 0.6) is 11.6 Å². The molecule has 3 aromatic rings. The van der Waals surface area contributed by atoms with Crippen molar-refractivity contribution in [1.82, 2.24) is 19.9 Å². The lowest BCUT2D eigenvalue weighted by Crippen LogP contribution is -2.49. The maximum absolute atomic E-state index is 12.8. The van der Waals surface area contributed by atoms with Crippen molar-refractivity contribution in [2.24, 2.45) is 0 Å². The molecule has 11 heteroatoms. The molecule has 2 aromatic heterocycles. The van der Waals surface area contributed by atoms with Crippen LogP contribution < -0.4 is 9.64 Å². The SMILES string of the molecule is O=C(c1ccc2cccc(O)c2n1)N1CCN(c2cc(OCC(F)(F)F)ncn2)CC1. The number of hydrogen-bond acceptors (Lipinski definition) is 7. The topological polar surface area (TPSA) is 91.7 Å². The summed E-state index contributed by atoms with van der Waals surface area (Å²) in [5.74, 6) is -0.00000434. The molecule has 0 aliphatic carbocycles. The number of phenols is 1. The monoisotopic (exact) mass is 433 g/mol. The molecule has 0 saturated carbocycles. The maximum atomic E-state index is 12.8. The van der Waals surface area contributed by atoms with Crippen LogP contribution in [0.3, 0.4) is 0 Å². The Kier molecular flexibility index (Phi) is 5.49. The number of alkyl halides is 3. The number of ether oxygens (including phenoxy) is 1. The first kappa shape index (κ1) is 20.6. The Labute approximate surface area is 174 Å². The van der Waals surface area contributed by atoms with E-state index < -0.39 is 12.8 Å². The predicted octanol–water partition coefficient (Wildman–Crippen LogP) is 2.63. The standard InChI is InChI=1S/C20H18F3N5O3/c21-20(22,23)11-31-17-10-16(24-12-25-17)27-6-8-28(9-7-27)19(30)14-5-4-13-2-1-3-15(29)18(13)26-14/h1-5,10,12,29H,6-9,11H2. The van der Waals surface area contributed by atoms with Crippen LogP contribution in [-0.2, 0) is 0 Å². The van der Waals surface area contributed by atoms with Gasteiger partial charge in [-0.1, -0.05) is 18.2 Å². The van der Waals surface area contributed by atoms with Crippen molar-refractivity contribution >= 4 is 22.6 Å². The summed E-state index contributed by atoms with van der Waals surface area (Å²) in [6, 6.07) is 9.70. The van der Waals surface area contributed by atoms with Gasteiger partial charge in [-0.25, -0.2) is 15.0 Å². The van der Waals surface area contributed by atoms with E-state index >= 15 is 0 Å². The van der Waals surface area contributed by atoms with Crippen LogP contribution in [0, 0.1) is 0 Å². The second kappa shape index (κ2) is 8.25. The van der Waals surface area contributed by atoms with Gasteiger partial charge in [-0.15, -0.1) is 0 Å². The minimum absolute atomic E-state index is 0.00396. The minimum atomic E-state index is -4.45. The molecule has 1 aliphatic rings. The first-order valence-corrected chi connectivity index (χ1v) is 9.45. The Balaban J connectivity index is 1.41. The van der Waals surface area contributed by atoms with Crippen LogP contribution in [-0.4, -0.2) is 69.8 Å². The molecular weight excluding hydrogens is 415 g/mol. The van der Waals surface area contributed by atoms with E-state index in [-0.39, 0.29) is 23.2 Å². The van der Waals surface area contributed by atoms with Gasteiger partial charge in [-0.2, -0.15) is 13.2 Å². The second-order valence-corrected chi connectivity index (χ2v) is 6.94. The van der Waals surface area contributed by atoms with E-state index in [1.165, 1.54) is 12.1 Å². The van der Waals surface area contributed by atoms with Gasteiger partial charge in [-0.3, -0.25) is 4.79 Å². The molecule has 1 aromatic carbocycles. The number of aromatic hydroxyl groups is 1. The molecule has 0 bridgehead atoms. The van der Waals surface area contributed by atoms with Gasteiger partial charge in [-0.05, 0) is 12.1 Å². The molecule has 1 amide bonds. The van der Waals surface area contributed by atoms with Gasteiger partial charge in [0.1, 0.15) is 29.1 Å². The summed E-state index contributed by atoms with van der Waals surface area (Å²) in [7, 11) is 0. The summed E-state index contributed by atoms with van der Waals surface area (Å²) in [6.45, 7) is 0.185. The van der Waals surface area contributed by atoms with Crippen molar-refractivity contribution in [3.63, 3.8) is 0 Å². The number of amides is 1. The van der Waals surface area contributed by atoms with Gasteiger partial charge >= 0.3 is 6.18 Å². The summed E-state index contributed by atoms with van der Waals surface area (Å²) in [5.41, 5.74) is 0.590. The van der Waals surface area contributed by atoms with Crippen LogP contribution >= 0.6 is 0 Å². The average molecular weight is 433 g/mol. The normalized spacial score (nSPS) is 14.7. The number of fused-ring (bicyclic) bond motifs is 1. The largest absolute Gasteiger partial charge is 0.506 e. The van der Waals surface area contributed by atoms with E-state index in [4.69, 9.17) is 0 Å². The molecule has 0 radical (unpaired) electrons. The number of anilines is 1. The minimum Gasteiger partial charge on any atom is -0.506 e. The van der Waals surface area contributed by atoms with Crippen LogP contribution in [0.1, 0.15) is 10.5 Å². The quantitative estimate of drug-likeness (QED) is 0.676. The lowest BCUT2D eigenvalue weighted by atomic mass is 10.1. The summed E-state index contributed by atoms with van der Waals surface area (Å²) in [6.07, 6.45) is -3.31. The molecule has 1 fully saturated rings. The van der Waals surface area contributed by atoms with E-state index in [0.29, 0.717) is 37.5 Å². The Bertz CT molecular complexity index is 1100. The zero-order chi connectivity index (χ0) is 22.0. The highest BCUT2D eigenvalue weighted by Crippen LogP contribution is 2.24. The second-order valence-electron chi connectivity index (χ2n) is 6.94. The average Bonchev–Trinajstić information content (AvgIpc) is 2.77. The molecule has 8 nitrogen and oxygen atoms in total. The van der Waals surface area contributed by atoms with Crippen LogP contribution in [0.15, 0.2) is 42.7 Å². The number of pyridine rings is 1. The molecule has 0 atom stereocenters. The number of carbonyl (C=O) groups excluding carboxylic acids is 1. The number of rotatable bonds is 4. The lowest BCUT2D eigenvalue weighted by molar-refractivity contribution is -0.154. The molecule has 4 rings (SSSR count). The van der Waals surface area contributed by atoms with E-state index in [2.05, 4.69) is 19.7 Å². The molecule has 1 N–H and O–H groups in total. The molecule has 31 heavy (non-hydrogen) atoms. The maximum Gasteiger partial charge on any atom is 0.422 e. The molecule has 0 spiro atoms. The molecule has 0 unspecified atom stereocenters. The van der Waals surface area contributed by atoms with Crippen LogP contribution in [0.25, 0.3) is 10.9 Å². The van der Waals surface area contributed by atoms with Crippen molar-refractivity contribution in [2.75, 3.05) is 37.7 Å². The van der Waals surface area contributed by atoms with E-state index in [1.807, 2.05) is 4.90 Å². The Morgan fingerprint density at radius 1 is 1.10 bits per heavy atom. The summed E-state index contributed by atoms with van der Waals surface area (Å²) >= 11 is 0. The van der Waals surface area contributed by atoms with Gasteiger partial charge in [0.05, 0.1) is 0 Å². The fourth-order valence-corrected chi connectivity index (χ4v) is 3.29. The first-order chi connectivity index (χ1) is 14.8. The molecule has 1 saturated heterocycles. The van der Waals surface area contributed by atoms with Crippen molar-refractivity contribution < 1.29 is 27.8 Å². The zero-order valence-corrected chi connectivity index (χ0v) is 16.2. The van der Waals surface area contributed by atoms with Crippen molar-refractivity contribution in [2.45, 2.75) is 6.18 Å². The van der Waals surface area contributed by atoms with E-state index in [1.54, 1.807) is 29.2 Å². The number of piperazine rings is 1. The third-order valence-electron chi connectivity index (χ3n) is 4.82. The van der Waals surface area contributed by atoms with Gasteiger partial charge in [0, 0.05) is 37.6 Å². The van der Waals surface area contributed by atoms with Gasteiger partial charge in [0.2, 0.25) is 5.88 Å². The Morgan fingerprint density at radius 3 is 2.61 bits per heavy atom. The molecular formula is C20H18F3N5O3. The highest BCUT2D eigenvalue weighted by molar-refractivity contribution is 5.96. The number of nitrogens with zero attached hydrogens (tertiary/aromatic N) is 5. The highest BCUT2D eigenvalue weighted by atomic mass is 19.4. The number of hydrogen-bond donors (Lipinski definition) is 1. The van der Waals surface area contributed by atoms with Crippen LogP contribution in [0.4, 0.5) is 19.0 Å². The van der Waals surface area contributed by atoms with E-state index in [9.17, 15) is 23.1 Å². The van der Waals surface area contributed by atoms with Crippen molar-refractivity contribution in [1.29, 1.82) is 0 Å². The Hall–Kier alpha value is -3.63. The fraction of sp³-hybridized carbons (Fsp3) is 0.300. The van der Waals surface area contributed by atoms with Crippen molar-refractivity contribution in [3.8, 4) is 11.6 Å². The molecule has 1 aliphatic heterocycles. The summed E-state index contributed by atoms with van der Waals surface area (Å²) in [5, 5.41) is 10.7. The fourth-order valence-electron chi connectivity index (χ4n) is 3.29. The molecule has 3 heterocycles. The number of halogens is 3. The predicted molar refractivity (Wildman–Crippen MR) is 105 cm³/mol. The lowest BCUT2D eigenvalue weighted by Gasteiger charge is -2.35. The van der Waals surface area contributed by atoms with Crippen LogP contribution in [0.2, 0.25) is 0 Å². The number of phenolic OH excluding ortho intramolecular Hbond substituents is 1. The first-order valence-electron chi connectivity index (χ1n) is 9.45. The smallest absolute Gasteiger partial charge is 0.422 e. The number of benzene rings is 1. The number of para-hydroxylation sites is 1. The Morgan fingerprint density at radius 2 is 1.87 bits per heavy atom. The van der Waals surface area contributed by atoms with Gasteiger partial charge in [0.25, 0.3) is 5.91 Å². The zero-order valence-electron chi connectivity index (χ0n) is 16.2. The van der Waals surface area contributed by atoms with E-state index in [0.717, 1.165) is 11.7 Å². The summed E-state index contributed by atoms with van der Waals surface area (Å²) < 4.78 is 41.7. The van der Waals surface area contributed by atoms with Crippen molar-refractivity contribution in [3.05, 3.63) is 48.4 Å². The van der Waals surface area contributed by atoms with Gasteiger partial charge < -0.3 is 19.6 Å². The third kappa shape index (κ3) is 4.76. The third-order valence-corrected chi connectivity index (χ3v) is 4.82. The number of carbonyl (C=O) groups is 1. The molecule has 162 valence electrons.